The monoisotopic (exact) mass is 528 g/mol. The molecule has 8 nitrogen and oxygen atoms in total. The molecule has 1 aliphatic carbocycles. The summed E-state index contributed by atoms with van der Waals surface area (Å²) in [5.41, 5.74) is 5.67. The number of carbonyl (C=O) groups excluding carboxylic acids is 1. The largest absolute Gasteiger partial charge is 0.481 e. The third kappa shape index (κ3) is 5.85. The molecule has 2 heterocycles. The van der Waals surface area contributed by atoms with E-state index in [2.05, 4.69) is 29.5 Å². The van der Waals surface area contributed by atoms with Gasteiger partial charge in [-0.05, 0) is 67.6 Å². The van der Waals surface area contributed by atoms with Crippen molar-refractivity contribution in [2.24, 2.45) is 13.0 Å². The second-order valence-corrected chi connectivity index (χ2v) is 10.7. The Bertz CT molecular complexity index is 1460. The molecule has 2 N–H and O–H groups in total. The van der Waals surface area contributed by atoms with Crippen LogP contribution in [-0.4, -0.2) is 45.3 Å². The van der Waals surface area contributed by atoms with Crippen molar-refractivity contribution in [1.29, 1.82) is 0 Å². The number of hydrogen-bond donors (Lipinski definition) is 2. The lowest BCUT2D eigenvalue weighted by Gasteiger charge is -2.31. The first-order valence-electron chi connectivity index (χ1n) is 13.7. The summed E-state index contributed by atoms with van der Waals surface area (Å²) in [6.07, 6.45) is 9.78. The van der Waals surface area contributed by atoms with Gasteiger partial charge in [-0.25, -0.2) is 0 Å². The van der Waals surface area contributed by atoms with E-state index in [0.29, 0.717) is 11.5 Å². The van der Waals surface area contributed by atoms with Gasteiger partial charge in [0, 0.05) is 54.6 Å². The van der Waals surface area contributed by atoms with Crippen LogP contribution in [0.15, 0.2) is 59.3 Å². The first-order valence-corrected chi connectivity index (χ1v) is 13.7. The highest BCUT2D eigenvalue weighted by Gasteiger charge is 2.30. The second kappa shape index (κ2) is 11.4. The number of furan rings is 1. The van der Waals surface area contributed by atoms with Crippen molar-refractivity contribution in [3.8, 4) is 11.1 Å². The van der Waals surface area contributed by atoms with Crippen LogP contribution in [0.25, 0.3) is 22.1 Å². The summed E-state index contributed by atoms with van der Waals surface area (Å²) in [6.45, 7) is 2.31. The van der Waals surface area contributed by atoms with Gasteiger partial charge < -0.3 is 19.7 Å². The topological polar surface area (TPSA) is 101 Å². The van der Waals surface area contributed by atoms with E-state index in [4.69, 9.17) is 9.52 Å². The van der Waals surface area contributed by atoms with Crippen LogP contribution in [0.1, 0.15) is 66.2 Å². The summed E-state index contributed by atoms with van der Waals surface area (Å²) in [5, 5.41) is 18.1. The average Bonchev–Trinajstić information content (AvgIpc) is 3.53. The molecule has 5 rings (SSSR count). The van der Waals surface area contributed by atoms with Gasteiger partial charge in [-0.1, -0.05) is 25.3 Å². The fourth-order valence-electron chi connectivity index (χ4n) is 5.63. The lowest BCUT2D eigenvalue weighted by atomic mass is 9.82. The van der Waals surface area contributed by atoms with Crippen LogP contribution in [-0.2, 0) is 11.8 Å². The molecule has 2 aromatic heterocycles. The van der Waals surface area contributed by atoms with Crippen molar-refractivity contribution >= 4 is 28.5 Å². The van der Waals surface area contributed by atoms with E-state index in [9.17, 15) is 9.59 Å². The van der Waals surface area contributed by atoms with Crippen LogP contribution in [0.4, 0.5) is 5.69 Å². The average molecular weight is 529 g/mol. The molecule has 0 saturated heterocycles. The quantitative estimate of drug-likeness (QED) is 0.260. The molecule has 1 fully saturated rings. The predicted molar refractivity (Wildman–Crippen MR) is 152 cm³/mol. The maximum atomic E-state index is 12.7. The van der Waals surface area contributed by atoms with Crippen molar-refractivity contribution in [3.05, 3.63) is 71.7 Å². The summed E-state index contributed by atoms with van der Waals surface area (Å²) in [5.74, 6) is 0.300. The number of amides is 1. The molecule has 0 aliphatic heterocycles. The number of carbonyl (C=O) groups is 2. The zero-order valence-electron chi connectivity index (χ0n) is 22.8. The minimum Gasteiger partial charge on any atom is -0.481 e. The Morgan fingerprint density at radius 3 is 2.54 bits per heavy atom. The molecule has 1 unspecified atom stereocenters. The molecule has 0 bridgehead atoms. The van der Waals surface area contributed by atoms with Gasteiger partial charge in [-0.15, -0.1) is 0 Å². The number of benzene rings is 2. The number of fused-ring (bicyclic) bond motifs is 1. The molecule has 204 valence electrons. The molecule has 0 radical (unpaired) electrons. The normalized spacial score (nSPS) is 14.8. The van der Waals surface area contributed by atoms with Gasteiger partial charge in [0.15, 0.2) is 0 Å². The van der Waals surface area contributed by atoms with Gasteiger partial charge in [-0.2, -0.15) is 5.10 Å². The lowest BCUT2D eigenvalue weighted by molar-refractivity contribution is -0.137. The molecule has 1 atom stereocenters. The van der Waals surface area contributed by atoms with Gasteiger partial charge >= 0.3 is 5.97 Å². The molecule has 39 heavy (non-hydrogen) atoms. The Hall–Kier alpha value is -4.07. The van der Waals surface area contributed by atoms with Gasteiger partial charge in [0.05, 0.1) is 18.7 Å². The minimum absolute atomic E-state index is 0.0133. The fourth-order valence-corrected chi connectivity index (χ4v) is 5.63. The van der Waals surface area contributed by atoms with Gasteiger partial charge in [0.1, 0.15) is 11.3 Å². The molecule has 2 aromatic carbocycles. The van der Waals surface area contributed by atoms with Crippen LogP contribution in [0, 0.1) is 12.8 Å². The van der Waals surface area contributed by atoms with E-state index in [-0.39, 0.29) is 24.9 Å². The van der Waals surface area contributed by atoms with Crippen molar-refractivity contribution < 1.29 is 19.1 Å². The third-order valence-corrected chi connectivity index (χ3v) is 7.88. The molecule has 0 spiro atoms. The molecule has 1 amide bonds. The summed E-state index contributed by atoms with van der Waals surface area (Å²) < 4.78 is 8.34. The number of aliphatic carboxylic acids is 1. The Labute approximate surface area is 228 Å². The second-order valence-electron chi connectivity index (χ2n) is 10.7. The van der Waals surface area contributed by atoms with E-state index in [1.807, 2.05) is 42.3 Å². The highest BCUT2D eigenvalue weighted by Crippen LogP contribution is 2.41. The number of aromatic nitrogens is 2. The number of nitrogens with zero attached hydrogens (tertiary/aromatic N) is 3. The number of rotatable bonds is 9. The van der Waals surface area contributed by atoms with E-state index in [0.717, 1.165) is 51.9 Å². The standard InChI is InChI=1S/C31H36N4O4/c1-20-26-17-23(24-18-32-35(3)19-24)11-14-27(26)39-30(20)29(21-7-5-4-6-8-21)33-25-12-9-22(10-13-25)31(38)34(2)16-15-28(36)37/h9-14,17-19,21,29,33H,4-8,15-16H2,1-3H3,(H,36,37). The highest BCUT2D eigenvalue weighted by molar-refractivity contribution is 5.94. The number of hydrogen-bond acceptors (Lipinski definition) is 5. The highest BCUT2D eigenvalue weighted by atomic mass is 16.4. The minimum atomic E-state index is -0.919. The van der Waals surface area contributed by atoms with Crippen LogP contribution in [0.5, 0.6) is 0 Å². The maximum absolute atomic E-state index is 12.7. The Kier molecular flexibility index (Phi) is 7.72. The van der Waals surface area contributed by atoms with E-state index >= 15 is 0 Å². The number of carboxylic acids is 1. The zero-order chi connectivity index (χ0) is 27.5. The van der Waals surface area contributed by atoms with Gasteiger partial charge in [0.2, 0.25) is 0 Å². The van der Waals surface area contributed by atoms with E-state index in [1.54, 1.807) is 19.2 Å². The lowest BCUT2D eigenvalue weighted by Crippen LogP contribution is -2.29. The number of carboxylic acid groups (broad SMARTS) is 1. The van der Waals surface area contributed by atoms with Crippen molar-refractivity contribution in [2.75, 3.05) is 18.9 Å². The number of nitrogens with one attached hydrogen (secondary N) is 1. The van der Waals surface area contributed by atoms with Crippen molar-refractivity contribution in [2.45, 2.75) is 51.5 Å². The van der Waals surface area contributed by atoms with Crippen molar-refractivity contribution in [1.82, 2.24) is 14.7 Å². The maximum Gasteiger partial charge on any atom is 0.305 e. The summed E-state index contributed by atoms with van der Waals surface area (Å²) in [4.78, 5) is 25.0. The van der Waals surface area contributed by atoms with Crippen molar-refractivity contribution in [3.63, 3.8) is 0 Å². The van der Waals surface area contributed by atoms with Crippen LogP contribution < -0.4 is 5.32 Å². The number of anilines is 1. The molecular weight excluding hydrogens is 492 g/mol. The Morgan fingerprint density at radius 2 is 1.87 bits per heavy atom. The van der Waals surface area contributed by atoms with E-state index < -0.39 is 5.97 Å². The smallest absolute Gasteiger partial charge is 0.305 e. The Balaban J connectivity index is 1.41. The van der Waals surface area contributed by atoms with Crippen LogP contribution in [0.2, 0.25) is 0 Å². The van der Waals surface area contributed by atoms with E-state index in [1.165, 1.54) is 24.2 Å². The molecular formula is C31H36N4O4. The number of aryl methyl sites for hydroxylation is 2. The first kappa shape index (κ1) is 26.5. The predicted octanol–water partition coefficient (Wildman–Crippen LogP) is 6.42. The summed E-state index contributed by atoms with van der Waals surface area (Å²) >= 11 is 0. The molecule has 1 saturated carbocycles. The molecule has 4 aromatic rings. The SMILES string of the molecule is Cc1c(C(Nc2ccc(C(=O)N(C)CCC(=O)O)cc2)C2CCCCC2)oc2ccc(-c3cnn(C)c3)cc12. The first-order chi connectivity index (χ1) is 18.8. The summed E-state index contributed by atoms with van der Waals surface area (Å²) in [6, 6.07) is 13.8. The van der Waals surface area contributed by atoms with Crippen LogP contribution >= 0.6 is 0 Å². The van der Waals surface area contributed by atoms with Gasteiger partial charge in [-0.3, -0.25) is 14.3 Å². The zero-order valence-corrected chi connectivity index (χ0v) is 22.8. The third-order valence-electron chi connectivity index (χ3n) is 7.88. The van der Waals surface area contributed by atoms with Crippen LogP contribution in [0.3, 0.4) is 0 Å². The fraction of sp³-hybridized carbons (Fsp3) is 0.387. The summed E-state index contributed by atoms with van der Waals surface area (Å²) in [7, 11) is 3.55. The van der Waals surface area contributed by atoms with Gasteiger partial charge in [0.25, 0.3) is 5.91 Å². The Morgan fingerprint density at radius 1 is 1.13 bits per heavy atom. The molecule has 8 heteroatoms. The molecule has 1 aliphatic rings.